The number of carbonyl (C=O) groups excluding carboxylic acids is 1. The maximum absolute atomic E-state index is 13.6. The maximum atomic E-state index is 13.6. The monoisotopic (exact) mass is 600 g/mol. The number of anilines is 1. The van der Waals surface area contributed by atoms with E-state index in [0.717, 1.165) is 5.56 Å². The number of benzene rings is 3. The molecule has 1 amide bonds. The molecule has 3 heterocycles. The Morgan fingerprint density at radius 2 is 1.81 bits per heavy atom. The zero-order chi connectivity index (χ0) is 30.1. The molecule has 1 N–H and O–H groups in total. The van der Waals surface area contributed by atoms with E-state index in [-0.39, 0.29) is 36.4 Å². The van der Waals surface area contributed by atoms with Crippen molar-refractivity contribution in [2.75, 3.05) is 18.6 Å². The molecule has 43 heavy (non-hydrogen) atoms. The van der Waals surface area contributed by atoms with Gasteiger partial charge in [-0.25, -0.2) is 18.1 Å². The van der Waals surface area contributed by atoms with Crippen LogP contribution in [-0.4, -0.2) is 43.2 Å². The predicted molar refractivity (Wildman–Crippen MR) is 157 cm³/mol. The van der Waals surface area contributed by atoms with E-state index >= 15 is 0 Å². The third-order valence-electron chi connectivity index (χ3n) is 7.26. The first-order valence-electron chi connectivity index (χ1n) is 13.4. The van der Waals surface area contributed by atoms with Crippen molar-refractivity contribution in [1.29, 1.82) is 0 Å². The number of hydrogen-bond acceptors (Lipinski definition) is 9. The third-order valence-corrected chi connectivity index (χ3v) is 8.65. The van der Waals surface area contributed by atoms with E-state index in [1.165, 1.54) is 12.3 Å². The Kier molecular flexibility index (Phi) is 7.36. The molecule has 6 rings (SSSR count). The van der Waals surface area contributed by atoms with Crippen molar-refractivity contribution in [3.63, 3.8) is 0 Å². The lowest BCUT2D eigenvalue weighted by Crippen LogP contribution is -2.28. The van der Waals surface area contributed by atoms with Gasteiger partial charge in [-0.1, -0.05) is 35.5 Å². The van der Waals surface area contributed by atoms with Gasteiger partial charge < -0.3 is 23.3 Å². The molecule has 1 aliphatic heterocycles. The zero-order valence-electron chi connectivity index (χ0n) is 23.7. The van der Waals surface area contributed by atoms with E-state index in [1.807, 2.05) is 18.2 Å². The van der Waals surface area contributed by atoms with E-state index in [0.29, 0.717) is 50.9 Å². The van der Waals surface area contributed by atoms with Crippen LogP contribution in [-0.2, 0) is 27.8 Å². The van der Waals surface area contributed by atoms with Crippen molar-refractivity contribution in [1.82, 2.24) is 15.0 Å². The van der Waals surface area contributed by atoms with E-state index in [1.54, 1.807) is 68.4 Å². The van der Waals surface area contributed by atoms with Crippen LogP contribution in [0.3, 0.4) is 0 Å². The molecule has 12 heteroatoms. The van der Waals surface area contributed by atoms with Gasteiger partial charge in [-0.05, 0) is 60.9 Å². The van der Waals surface area contributed by atoms with Crippen molar-refractivity contribution in [2.24, 2.45) is 0 Å². The van der Waals surface area contributed by atoms with E-state index in [9.17, 15) is 13.2 Å². The number of sulfonamides is 1. The molecule has 0 bridgehead atoms. The number of aryl methyl sites for hydroxylation is 1. The summed E-state index contributed by atoms with van der Waals surface area (Å²) in [5, 5.41) is 3.85. The minimum atomic E-state index is -4.08. The summed E-state index contributed by atoms with van der Waals surface area (Å²) in [4.78, 5) is 19.2. The summed E-state index contributed by atoms with van der Waals surface area (Å²) >= 11 is 0. The lowest BCUT2D eigenvalue weighted by molar-refractivity contribution is -0.129. The average molecular weight is 601 g/mol. The highest BCUT2D eigenvalue weighted by Gasteiger charge is 2.25. The maximum Gasteiger partial charge on any atom is 0.264 e. The minimum absolute atomic E-state index is 0.0444. The Morgan fingerprint density at radius 1 is 1.00 bits per heavy atom. The van der Waals surface area contributed by atoms with Gasteiger partial charge in [-0.3, -0.25) is 4.79 Å². The van der Waals surface area contributed by atoms with E-state index in [4.69, 9.17) is 18.4 Å². The fraction of sp³-hybridized carbons (Fsp3) is 0.194. The molecular formula is C31H28N4O7S. The Morgan fingerprint density at radius 3 is 2.58 bits per heavy atom. The highest BCUT2D eigenvalue weighted by Crippen LogP contribution is 2.35. The molecule has 0 unspecified atom stereocenters. The van der Waals surface area contributed by atoms with Gasteiger partial charge in [0.15, 0.2) is 11.5 Å². The standard InChI is InChI=1S/C31H28N4O7S/c1-19-20(2)33-42-30(19)34-43(37,38)28-7-5-4-6-25(28)24-10-9-22(31-32-12-13-39-31)16-23(24)17-35(3)29(36)15-21-8-11-26-27(14-21)41-18-40-26/h4-14,16,34H,15,17-18H2,1-3H3. The van der Waals surface area contributed by atoms with Crippen LogP contribution in [0, 0.1) is 13.8 Å². The van der Waals surface area contributed by atoms with E-state index < -0.39 is 10.0 Å². The average Bonchev–Trinajstić information content (AvgIpc) is 3.76. The number of hydrogen-bond donors (Lipinski definition) is 1. The number of oxazole rings is 1. The molecule has 0 fully saturated rings. The number of rotatable bonds is 9. The summed E-state index contributed by atoms with van der Waals surface area (Å²) in [6.45, 7) is 3.80. The minimum Gasteiger partial charge on any atom is -0.454 e. The van der Waals surface area contributed by atoms with Gasteiger partial charge in [-0.15, -0.1) is 0 Å². The van der Waals surface area contributed by atoms with Crippen molar-refractivity contribution < 1.29 is 31.6 Å². The van der Waals surface area contributed by atoms with Crippen LogP contribution in [0.4, 0.5) is 5.88 Å². The molecule has 220 valence electrons. The first kappa shape index (κ1) is 28.0. The number of ether oxygens (including phenoxy) is 2. The molecular weight excluding hydrogens is 572 g/mol. The zero-order valence-corrected chi connectivity index (χ0v) is 24.5. The molecule has 11 nitrogen and oxygen atoms in total. The largest absolute Gasteiger partial charge is 0.454 e. The molecule has 3 aromatic carbocycles. The summed E-state index contributed by atoms with van der Waals surface area (Å²) in [5.74, 6) is 1.58. The molecule has 0 saturated heterocycles. The van der Waals surface area contributed by atoms with Gasteiger partial charge in [0, 0.05) is 30.3 Å². The molecule has 0 atom stereocenters. The summed E-state index contributed by atoms with van der Waals surface area (Å²) in [7, 11) is -2.37. The van der Waals surface area contributed by atoms with Crippen molar-refractivity contribution in [3.05, 3.63) is 95.5 Å². The SMILES string of the molecule is Cc1noc(NS(=O)(=O)c2ccccc2-c2ccc(-c3ncco3)cc2CN(C)C(=O)Cc2ccc3c(c2)OCO3)c1C. The van der Waals surface area contributed by atoms with Crippen LogP contribution < -0.4 is 14.2 Å². The fourth-order valence-corrected chi connectivity index (χ4v) is 6.07. The molecule has 0 saturated carbocycles. The van der Waals surface area contributed by atoms with Gasteiger partial charge in [0.05, 0.1) is 23.2 Å². The first-order valence-corrected chi connectivity index (χ1v) is 14.9. The lowest BCUT2D eigenvalue weighted by Gasteiger charge is -2.21. The number of fused-ring (bicyclic) bond motifs is 1. The second-order valence-corrected chi connectivity index (χ2v) is 11.8. The van der Waals surface area contributed by atoms with Crippen LogP contribution in [0.15, 0.2) is 87.0 Å². The van der Waals surface area contributed by atoms with Crippen molar-refractivity contribution in [2.45, 2.75) is 31.7 Å². The number of nitrogens with one attached hydrogen (secondary N) is 1. The van der Waals surface area contributed by atoms with Crippen molar-refractivity contribution >= 4 is 21.8 Å². The molecule has 5 aromatic rings. The Hall–Kier alpha value is -5.10. The smallest absolute Gasteiger partial charge is 0.264 e. The number of carbonyl (C=O) groups is 1. The molecule has 0 aliphatic carbocycles. The quantitative estimate of drug-likeness (QED) is 0.238. The Bertz CT molecular complexity index is 1920. The van der Waals surface area contributed by atoms with Crippen LogP contribution in [0.25, 0.3) is 22.6 Å². The predicted octanol–water partition coefficient (Wildman–Crippen LogP) is 5.34. The summed E-state index contributed by atoms with van der Waals surface area (Å²) in [6, 6.07) is 17.6. The molecule has 0 spiro atoms. The molecule has 2 aromatic heterocycles. The highest BCUT2D eigenvalue weighted by atomic mass is 32.2. The van der Waals surface area contributed by atoms with Gasteiger partial charge in [0.25, 0.3) is 10.0 Å². The highest BCUT2D eigenvalue weighted by molar-refractivity contribution is 7.92. The Labute approximate surface area is 248 Å². The molecule has 0 radical (unpaired) electrons. The number of amides is 1. The van der Waals surface area contributed by atoms with E-state index in [2.05, 4.69) is 14.9 Å². The normalized spacial score (nSPS) is 12.3. The van der Waals surface area contributed by atoms with Crippen LogP contribution in [0.5, 0.6) is 11.5 Å². The number of likely N-dealkylation sites (N-methyl/N-ethyl adjacent to an activating group) is 1. The van der Waals surface area contributed by atoms with Gasteiger partial charge in [0.2, 0.25) is 24.5 Å². The topological polar surface area (TPSA) is 137 Å². The molecule has 1 aliphatic rings. The van der Waals surface area contributed by atoms with Gasteiger partial charge in [-0.2, -0.15) is 0 Å². The summed E-state index contributed by atoms with van der Waals surface area (Å²) in [6.07, 6.45) is 3.17. The second-order valence-electron chi connectivity index (χ2n) is 10.1. The van der Waals surface area contributed by atoms with Crippen LogP contribution >= 0.6 is 0 Å². The Balaban J connectivity index is 1.34. The third kappa shape index (κ3) is 5.69. The van der Waals surface area contributed by atoms with Crippen molar-refractivity contribution in [3.8, 4) is 34.1 Å². The van der Waals surface area contributed by atoms with Gasteiger partial charge in [0.1, 0.15) is 6.26 Å². The van der Waals surface area contributed by atoms with Gasteiger partial charge >= 0.3 is 0 Å². The first-order chi connectivity index (χ1) is 20.7. The van der Waals surface area contributed by atoms with Crippen LogP contribution in [0.1, 0.15) is 22.4 Å². The fourth-order valence-electron chi connectivity index (χ4n) is 4.80. The number of nitrogens with zero attached hydrogens (tertiary/aromatic N) is 3. The second kappa shape index (κ2) is 11.3. The summed E-state index contributed by atoms with van der Waals surface area (Å²) < 4.78 is 51.3. The summed E-state index contributed by atoms with van der Waals surface area (Å²) in [5.41, 5.74) is 4.44. The van der Waals surface area contributed by atoms with Crippen LogP contribution in [0.2, 0.25) is 0 Å². The lowest BCUT2D eigenvalue weighted by atomic mass is 9.96. The number of aromatic nitrogens is 2.